The van der Waals surface area contributed by atoms with Crippen LogP contribution in [0.2, 0.25) is 0 Å². The summed E-state index contributed by atoms with van der Waals surface area (Å²) in [6.45, 7) is 5.08. The summed E-state index contributed by atoms with van der Waals surface area (Å²) in [5.41, 5.74) is 0.662. The van der Waals surface area contributed by atoms with E-state index in [0.29, 0.717) is 36.1 Å². The Kier molecular flexibility index (Phi) is 6.28. The van der Waals surface area contributed by atoms with Crippen molar-refractivity contribution < 1.29 is 18.7 Å². The van der Waals surface area contributed by atoms with Gasteiger partial charge in [-0.3, -0.25) is 14.5 Å². The van der Waals surface area contributed by atoms with Gasteiger partial charge in [0.15, 0.2) is 5.76 Å². The van der Waals surface area contributed by atoms with Crippen LogP contribution in [-0.4, -0.2) is 65.1 Å². The topological polar surface area (TPSA) is 101 Å². The van der Waals surface area contributed by atoms with Gasteiger partial charge in [-0.05, 0) is 43.3 Å². The van der Waals surface area contributed by atoms with Gasteiger partial charge in [0.25, 0.3) is 11.8 Å². The van der Waals surface area contributed by atoms with E-state index in [1.165, 1.54) is 11.3 Å². The van der Waals surface area contributed by atoms with Crippen molar-refractivity contribution in [2.45, 2.75) is 13.5 Å². The zero-order chi connectivity index (χ0) is 21.8. The lowest BCUT2D eigenvalue weighted by molar-refractivity contribution is 0.0596. The number of aryl methyl sites for hydroxylation is 1. The van der Waals surface area contributed by atoms with Gasteiger partial charge in [0, 0.05) is 31.9 Å². The van der Waals surface area contributed by atoms with E-state index in [4.69, 9.17) is 9.15 Å². The Labute approximate surface area is 183 Å². The van der Waals surface area contributed by atoms with Gasteiger partial charge in [-0.15, -0.1) is 10.2 Å². The fourth-order valence-corrected chi connectivity index (χ4v) is 4.05. The molecule has 10 heteroatoms. The number of furan rings is 1. The maximum absolute atomic E-state index is 12.5. The first-order valence-electron chi connectivity index (χ1n) is 9.87. The summed E-state index contributed by atoms with van der Waals surface area (Å²) in [5.74, 6) is 1.45. The van der Waals surface area contributed by atoms with Gasteiger partial charge in [-0.25, -0.2) is 0 Å². The molecule has 1 N–H and O–H groups in total. The highest BCUT2D eigenvalue weighted by atomic mass is 32.1. The van der Waals surface area contributed by atoms with Crippen molar-refractivity contribution in [2.75, 3.05) is 38.6 Å². The highest BCUT2D eigenvalue weighted by Crippen LogP contribution is 2.19. The Morgan fingerprint density at radius 1 is 1.10 bits per heavy atom. The van der Waals surface area contributed by atoms with E-state index in [1.807, 2.05) is 6.92 Å². The molecular weight excluding hydrogens is 418 g/mol. The van der Waals surface area contributed by atoms with Crippen molar-refractivity contribution >= 4 is 28.8 Å². The number of nitrogens with zero attached hydrogens (tertiary/aromatic N) is 4. The molecular formula is C21H23N5O4S. The van der Waals surface area contributed by atoms with E-state index in [-0.39, 0.29) is 11.8 Å². The first kappa shape index (κ1) is 21.0. The van der Waals surface area contributed by atoms with Gasteiger partial charge in [-0.1, -0.05) is 11.3 Å². The first-order chi connectivity index (χ1) is 15.0. The SMILES string of the molecule is COc1ccc(NC(=O)c2nnc(CN3CCN(C(=O)c4ccc(C)o4)CC3)s2)cc1. The predicted octanol–water partition coefficient (Wildman–Crippen LogP) is 2.66. The van der Waals surface area contributed by atoms with E-state index in [9.17, 15) is 9.59 Å². The molecule has 1 saturated heterocycles. The molecule has 4 rings (SSSR count). The molecule has 0 spiro atoms. The summed E-state index contributed by atoms with van der Waals surface area (Å²) >= 11 is 1.27. The van der Waals surface area contributed by atoms with E-state index in [0.717, 1.165) is 29.6 Å². The minimum atomic E-state index is -0.293. The fourth-order valence-electron chi connectivity index (χ4n) is 3.27. The minimum Gasteiger partial charge on any atom is -0.497 e. The molecule has 0 unspecified atom stereocenters. The number of aromatic nitrogens is 2. The lowest BCUT2D eigenvalue weighted by Gasteiger charge is -2.33. The number of nitrogens with one attached hydrogen (secondary N) is 1. The van der Waals surface area contributed by atoms with Crippen molar-refractivity contribution in [3.05, 3.63) is 57.9 Å². The van der Waals surface area contributed by atoms with Crippen LogP contribution in [0.3, 0.4) is 0 Å². The van der Waals surface area contributed by atoms with Crippen molar-refractivity contribution in [2.24, 2.45) is 0 Å². The van der Waals surface area contributed by atoms with Crippen LogP contribution in [0.25, 0.3) is 0 Å². The fraction of sp³-hybridized carbons (Fsp3) is 0.333. The average Bonchev–Trinajstić information content (AvgIpc) is 3.43. The number of benzene rings is 1. The molecule has 1 fully saturated rings. The Morgan fingerprint density at radius 3 is 2.48 bits per heavy atom. The molecule has 3 heterocycles. The zero-order valence-electron chi connectivity index (χ0n) is 17.3. The minimum absolute atomic E-state index is 0.0823. The van der Waals surface area contributed by atoms with Crippen LogP contribution in [0.1, 0.15) is 31.1 Å². The van der Waals surface area contributed by atoms with E-state index in [2.05, 4.69) is 20.4 Å². The third kappa shape index (κ3) is 5.09. The quantitative estimate of drug-likeness (QED) is 0.628. The van der Waals surface area contributed by atoms with Gasteiger partial charge < -0.3 is 19.4 Å². The summed E-state index contributed by atoms with van der Waals surface area (Å²) < 4.78 is 10.5. The zero-order valence-corrected chi connectivity index (χ0v) is 18.1. The largest absolute Gasteiger partial charge is 0.497 e. The van der Waals surface area contributed by atoms with Gasteiger partial charge in [0.2, 0.25) is 5.01 Å². The molecule has 2 aromatic heterocycles. The molecule has 0 bridgehead atoms. The van der Waals surface area contributed by atoms with Crippen LogP contribution in [-0.2, 0) is 6.54 Å². The molecule has 162 valence electrons. The molecule has 0 atom stereocenters. The monoisotopic (exact) mass is 441 g/mol. The van der Waals surface area contributed by atoms with Crippen molar-refractivity contribution in [3.8, 4) is 5.75 Å². The maximum atomic E-state index is 12.5. The number of piperazine rings is 1. The Bertz CT molecular complexity index is 1050. The lowest BCUT2D eigenvalue weighted by Crippen LogP contribution is -2.48. The number of rotatable bonds is 6. The number of ether oxygens (including phenoxy) is 1. The number of anilines is 1. The molecule has 9 nitrogen and oxygen atoms in total. The number of carbonyl (C=O) groups is 2. The summed E-state index contributed by atoms with van der Waals surface area (Å²) in [4.78, 5) is 28.9. The Balaban J connectivity index is 1.28. The average molecular weight is 442 g/mol. The van der Waals surface area contributed by atoms with Crippen LogP contribution in [0.15, 0.2) is 40.8 Å². The first-order valence-corrected chi connectivity index (χ1v) is 10.7. The molecule has 1 aliphatic rings. The molecule has 3 aromatic rings. The second-order valence-electron chi connectivity index (χ2n) is 7.16. The summed E-state index contributed by atoms with van der Waals surface area (Å²) in [6, 6.07) is 10.6. The lowest BCUT2D eigenvalue weighted by atomic mass is 10.3. The summed E-state index contributed by atoms with van der Waals surface area (Å²) in [5, 5.41) is 12.1. The standard InChI is InChI=1S/C21H23N5O4S/c1-14-3-8-17(30-14)21(28)26-11-9-25(10-12-26)13-18-23-24-20(31-18)19(27)22-15-4-6-16(29-2)7-5-15/h3-8H,9-13H2,1-2H3,(H,22,27). The molecule has 1 aromatic carbocycles. The molecule has 2 amide bonds. The van der Waals surface area contributed by atoms with Crippen molar-refractivity contribution in [1.82, 2.24) is 20.0 Å². The maximum Gasteiger partial charge on any atom is 0.289 e. The summed E-state index contributed by atoms with van der Waals surface area (Å²) in [6.07, 6.45) is 0. The highest BCUT2D eigenvalue weighted by Gasteiger charge is 2.25. The molecule has 0 aliphatic carbocycles. The summed E-state index contributed by atoms with van der Waals surface area (Å²) in [7, 11) is 1.59. The highest BCUT2D eigenvalue weighted by molar-refractivity contribution is 7.13. The van der Waals surface area contributed by atoms with Crippen molar-refractivity contribution in [3.63, 3.8) is 0 Å². The number of carbonyl (C=O) groups excluding carboxylic acids is 2. The molecule has 31 heavy (non-hydrogen) atoms. The van der Waals surface area contributed by atoms with Crippen LogP contribution in [0.4, 0.5) is 5.69 Å². The van der Waals surface area contributed by atoms with E-state index in [1.54, 1.807) is 48.4 Å². The van der Waals surface area contributed by atoms with Crippen LogP contribution >= 0.6 is 11.3 Å². The smallest absolute Gasteiger partial charge is 0.289 e. The molecule has 1 aliphatic heterocycles. The van der Waals surface area contributed by atoms with Crippen LogP contribution in [0, 0.1) is 6.92 Å². The Morgan fingerprint density at radius 2 is 1.84 bits per heavy atom. The van der Waals surface area contributed by atoms with Gasteiger partial charge in [-0.2, -0.15) is 0 Å². The third-order valence-corrected chi connectivity index (χ3v) is 5.89. The van der Waals surface area contributed by atoms with Crippen LogP contribution < -0.4 is 10.1 Å². The van der Waals surface area contributed by atoms with Gasteiger partial charge in [0.1, 0.15) is 16.5 Å². The second kappa shape index (κ2) is 9.27. The van der Waals surface area contributed by atoms with Crippen molar-refractivity contribution in [1.29, 1.82) is 0 Å². The second-order valence-corrected chi connectivity index (χ2v) is 8.22. The van der Waals surface area contributed by atoms with Gasteiger partial charge in [0.05, 0.1) is 13.7 Å². The molecule has 0 radical (unpaired) electrons. The number of methoxy groups -OCH3 is 1. The number of amides is 2. The third-order valence-electron chi connectivity index (χ3n) is 4.98. The van der Waals surface area contributed by atoms with E-state index < -0.39 is 0 Å². The van der Waals surface area contributed by atoms with E-state index >= 15 is 0 Å². The predicted molar refractivity (Wildman–Crippen MR) is 115 cm³/mol. The number of hydrogen-bond donors (Lipinski definition) is 1. The molecule has 0 saturated carbocycles. The Hall–Kier alpha value is -3.24. The van der Waals surface area contributed by atoms with Gasteiger partial charge >= 0.3 is 0 Å². The van der Waals surface area contributed by atoms with Crippen LogP contribution in [0.5, 0.6) is 5.75 Å². The number of hydrogen-bond acceptors (Lipinski definition) is 8. The normalized spacial score (nSPS) is 14.5.